The van der Waals surface area contributed by atoms with Crippen molar-refractivity contribution >= 4 is 17.6 Å². The molecule has 1 atom stereocenters. The first kappa shape index (κ1) is 20.7. The fourth-order valence-electron chi connectivity index (χ4n) is 3.44. The van der Waals surface area contributed by atoms with E-state index in [9.17, 15) is 9.59 Å². The van der Waals surface area contributed by atoms with Gasteiger partial charge in [-0.2, -0.15) is 0 Å². The molecule has 29 heavy (non-hydrogen) atoms. The van der Waals surface area contributed by atoms with Crippen molar-refractivity contribution in [2.24, 2.45) is 5.73 Å². The zero-order valence-electron chi connectivity index (χ0n) is 16.7. The Hall–Kier alpha value is -3.06. The van der Waals surface area contributed by atoms with Gasteiger partial charge in [0, 0.05) is 32.4 Å². The lowest BCUT2D eigenvalue weighted by molar-refractivity contribution is -0.130. The Balaban J connectivity index is 1.59. The number of carbonyl (C=O) groups is 2. The maximum atomic E-state index is 12.7. The largest absolute Gasteiger partial charge is 0.378 e. The number of primary amides is 1. The third-order valence-electron chi connectivity index (χ3n) is 5.06. The van der Waals surface area contributed by atoms with Gasteiger partial charge in [-0.15, -0.1) is 0 Å². The summed E-state index contributed by atoms with van der Waals surface area (Å²) in [5.41, 5.74) is 8.37. The minimum absolute atomic E-state index is 0.0649. The van der Waals surface area contributed by atoms with Gasteiger partial charge >= 0.3 is 6.03 Å². The van der Waals surface area contributed by atoms with Crippen LogP contribution >= 0.6 is 0 Å². The van der Waals surface area contributed by atoms with Gasteiger partial charge in [-0.25, -0.2) is 4.79 Å². The zero-order chi connectivity index (χ0) is 20.6. The summed E-state index contributed by atoms with van der Waals surface area (Å²) in [5, 5.41) is 2.67. The lowest BCUT2D eigenvalue weighted by atomic mass is 10.0. The number of nitrogens with zero attached hydrogens (tertiary/aromatic N) is 2. The topological polar surface area (TPSA) is 87.9 Å². The minimum Gasteiger partial charge on any atom is -0.378 e. The third-order valence-corrected chi connectivity index (χ3v) is 5.06. The molecule has 0 aromatic heterocycles. The van der Waals surface area contributed by atoms with Crippen LogP contribution in [0.5, 0.6) is 0 Å². The van der Waals surface area contributed by atoms with Gasteiger partial charge in [0.15, 0.2) is 0 Å². The van der Waals surface area contributed by atoms with Crippen LogP contribution in [0.4, 0.5) is 10.5 Å². The molecule has 0 bridgehead atoms. The number of ether oxygens (including phenoxy) is 1. The van der Waals surface area contributed by atoms with Crippen LogP contribution in [-0.2, 0) is 16.1 Å². The van der Waals surface area contributed by atoms with Crippen molar-refractivity contribution in [3.63, 3.8) is 0 Å². The van der Waals surface area contributed by atoms with Crippen LogP contribution in [0.2, 0.25) is 0 Å². The van der Waals surface area contributed by atoms with E-state index in [4.69, 9.17) is 10.5 Å². The number of nitrogens with one attached hydrogen (secondary N) is 1. The average Bonchev–Trinajstić information content (AvgIpc) is 2.74. The molecule has 154 valence electrons. The van der Waals surface area contributed by atoms with E-state index >= 15 is 0 Å². The molecule has 3 N–H and O–H groups in total. The molecule has 1 aliphatic rings. The smallest absolute Gasteiger partial charge is 0.312 e. The fourth-order valence-corrected chi connectivity index (χ4v) is 3.44. The summed E-state index contributed by atoms with van der Waals surface area (Å²) in [6.07, 6.45) is 0.148. The van der Waals surface area contributed by atoms with Crippen LogP contribution in [0.25, 0.3) is 0 Å². The van der Waals surface area contributed by atoms with E-state index in [-0.39, 0.29) is 12.3 Å². The number of anilines is 1. The summed E-state index contributed by atoms with van der Waals surface area (Å²) in [5.74, 6) is -0.0649. The molecule has 0 spiro atoms. The standard InChI is InChI=1S/C22H28N4O3/c1-25(16-17-7-9-19(10-8-17)26-11-13-29-14-12-26)21(27)15-20(24-22(23)28)18-5-3-2-4-6-18/h2-10,20H,11-16H2,1H3,(H3,23,24,28)/t20-/m1/s1. The Labute approximate surface area is 171 Å². The lowest BCUT2D eigenvalue weighted by Crippen LogP contribution is -2.37. The highest BCUT2D eigenvalue weighted by molar-refractivity contribution is 5.78. The number of benzene rings is 2. The summed E-state index contributed by atoms with van der Waals surface area (Å²) in [4.78, 5) is 28.1. The summed E-state index contributed by atoms with van der Waals surface area (Å²) in [6.45, 7) is 3.79. The third kappa shape index (κ3) is 5.96. The molecule has 1 aliphatic heterocycles. The van der Waals surface area contributed by atoms with Gasteiger partial charge in [0.1, 0.15) is 0 Å². The van der Waals surface area contributed by atoms with Gasteiger partial charge in [0.05, 0.1) is 25.7 Å². The second-order valence-corrected chi connectivity index (χ2v) is 7.19. The zero-order valence-corrected chi connectivity index (χ0v) is 16.7. The SMILES string of the molecule is CN(Cc1ccc(N2CCOCC2)cc1)C(=O)C[C@@H](NC(N)=O)c1ccccc1. The molecule has 0 radical (unpaired) electrons. The number of urea groups is 1. The van der Waals surface area contributed by atoms with E-state index < -0.39 is 12.1 Å². The molecule has 1 heterocycles. The van der Waals surface area contributed by atoms with Gasteiger partial charge in [0.25, 0.3) is 0 Å². The highest BCUT2D eigenvalue weighted by atomic mass is 16.5. The van der Waals surface area contributed by atoms with Gasteiger partial charge in [-0.1, -0.05) is 42.5 Å². The van der Waals surface area contributed by atoms with Gasteiger partial charge in [-0.3, -0.25) is 4.79 Å². The molecule has 2 aromatic rings. The van der Waals surface area contributed by atoms with Crippen molar-refractivity contribution in [1.82, 2.24) is 10.2 Å². The number of carbonyl (C=O) groups excluding carboxylic acids is 2. The summed E-state index contributed by atoms with van der Waals surface area (Å²) < 4.78 is 5.39. The van der Waals surface area contributed by atoms with Crippen molar-refractivity contribution in [3.05, 3.63) is 65.7 Å². The molecular formula is C22H28N4O3. The van der Waals surface area contributed by atoms with E-state index in [1.165, 1.54) is 5.69 Å². The average molecular weight is 396 g/mol. The van der Waals surface area contributed by atoms with Crippen molar-refractivity contribution in [2.75, 3.05) is 38.3 Å². The normalized spacial score (nSPS) is 14.9. The van der Waals surface area contributed by atoms with Crippen LogP contribution in [0.15, 0.2) is 54.6 Å². The maximum absolute atomic E-state index is 12.7. The fraction of sp³-hybridized carbons (Fsp3) is 0.364. The molecule has 7 nitrogen and oxygen atoms in total. The van der Waals surface area contributed by atoms with Crippen LogP contribution in [0.3, 0.4) is 0 Å². The summed E-state index contributed by atoms with van der Waals surface area (Å²) in [6, 6.07) is 16.5. The van der Waals surface area contributed by atoms with Crippen molar-refractivity contribution in [3.8, 4) is 0 Å². The highest BCUT2D eigenvalue weighted by Gasteiger charge is 2.20. The summed E-state index contributed by atoms with van der Waals surface area (Å²) in [7, 11) is 1.77. The van der Waals surface area contributed by atoms with Crippen molar-refractivity contribution in [1.29, 1.82) is 0 Å². The van der Waals surface area contributed by atoms with E-state index in [0.717, 1.165) is 37.4 Å². The number of morpholine rings is 1. The molecule has 7 heteroatoms. The molecular weight excluding hydrogens is 368 g/mol. The first-order chi connectivity index (χ1) is 14.0. The van der Waals surface area contributed by atoms with Gasteiger partial charge in [0.2, 0.25) is 5.91 Å². The monoisotopic (exact) mass is 396 g/mol. The molecule has 0 aliphatic carbocycles. The van der Waals surface area contributed by atoms with Crippen molar-refractivity contribution in [2.45, 2.75) is 19.0 Å². The highest BCUT2D eigenvalue weighted by Crippen LogP contribution is 2.20. The number of amides is 3. The molecule has 0 unspecified atom stereocenters. The van der Waals surface area contributed by atoms with E-state index in [2.05, 4.69) is 22.3 Å². The molecule has 1 saturated heterocycles. The Kier molecular flexibility index (Phi) is 7.08. The van der Waals surface area contributed by atoms with Crippen LogP contribution < -0.4 is 16.0 Å². The Morgan fingerprint density at radius 2 is 1.76 bits per heavy atom. The number of hydrogen-bond acceptors (Lipinski definition) is 4. The van der Waals surface area contributed by atoms with Crippen molar-refractivity contribution < 1.29 is 14.3 Å². The molecule has 3 rings (SSSR count). The summed E-state index contributed by atoms with van der Waals surface area (Å²) >= 11 is 0. The maximum Gasteiger partial charge on any atom is 0.312 e. The predicted octanol–water partition coefficient (Wildman–Crippen LogP) is 2.28. The molecule has 1 fully saturated rings. The van der Waals surface area contributed by atoms with Gasteiger partial charge < -0.3 is 25.6 Å². The second kappa shape index (κ2) is 9.93. The van der Waals surface area contributed by atoms with Crippen LogP contribution in [-0.4, -0.2) is 50.2 Å². The van der Waals surface area contributed by atoms with E-state index in [1.54, 1.807) is 11.9 Å². The van der Waals surface area contributed by atoms with E-state index in [1.807, 2.05) is 42.5 Å². The predicted molar refractivity (Wildman–Crippen MR) is 112 cm³/mol. The van der Waals surface area contributed by atoms with Gasteiger partial charge in [-0.05, 0) is 23.3 Å². The first-order valence-electron chi connectivity index (χ1n) is 9.79. The van der Waals surface area contributed by atoms with E-state index in [0.29, 0.717) is 6.54 Å². The molecule has 3 amide bonds. The quantitative estimate of drug-likeness (QED) is 0.752. The molecule has 0 saturated carbocycles. The van der Waals surface area contributed by atoms with Crippen LogP contribution in [0, 0.1) is 0 Å². The van der Waals surface area contributed by atoms with Crippen LogP contribution in [0.1, 0.15) is 23.6 Å². The minimum atomic E-state index is -0.645. The Morgan fingerprint density at radius 1 is 1.10 bits per heavy atom. The second-order valence-electron chi connectivity index (χ2n) is 7.19. The Morgan fingerprint density at radius 3 is 2.38 bits per heavy atom. The molecule has 2 aromatic carbocycles. The number of nitrogens with two attached hydrogens (primary N) is 1. The lowest BCUT2D eigenvalue weighted by Gasteiger charge is -2.29. The Bertz CT molecular complexity index is 805. The number of rotatable bonds is 7. The number of hydrogen-bond donors (Lipinski definition) is 2. The first-order valence-corrected chi connectivity index (χ1v) is 9.79.